The van der Waals surface area contributed by atoms with Crippen LogP contribution in [0.2, 0.25) is 0 Å². The van der Waals surface area contributed by atoms with E-state index in [0.29, 0.717) is 0 Å². The van der Waals surface area contributed by atoms with Crippen LogP contribution in [0.3, 0.4) is 0 Å². The van der Waals surface area contributed by atoms with E-state index in [1.165, 1.54) is 5.69 Å². The van der Waals surface area contributed by atoms with Crippen molar-refractivity contribution in [2.75, 3.05) is 69.3 Å². The lowest BCUT2D eigenvalue weighted by molar-refractivity contribution is 0.122. The molecule has 0 saturated carbocycles. The summed E-state index contributed by atoms with van der Waals surface area (Å²) in [6.45, 7) is 7.50. The van der Waals surface area contributed by atoms with Crippen molar-refractivity contribution < 1.29 is 4.74 Å². The quantitative estimate of drug-likeness (QED) is 0.766. The second-order valence-corrected chi connectivity index (χ2v) is 8.55. The molecule has 1 aromatic carbocycles. The van der Waals surface area contributed by atoms with Crippen LogP contribution in [-0.2, 0) is 10.5 Å². The Bertz CT molecular complexity index is 920. The minimum absolute atomic E-state index is 0.0434. The van der Waals surface area contributed by atoms with Crippen LogP contribution >= 0.6 is 0 Å². The third-order valence-electron chi connectivity index (χ3n) is 6.44. The van der Waals surface area contributed by atoms with Crippen LogP contribution in [-0.4, -0.2) is 75.6 Å². The Kier molecular flexibility index (Phi) is 5.62. The van der Waals surface area contributed by atoms with Gasteiger partial charge in [-0.05, 0) is 36.9 Å². The van der Waals surface area contributed by atoms with E-state index in [4.69, 9.17) is 10.5 Å². The van der Waals surface area contributed by atoms with E-state index in [2.05, 4.69) is 67.4 Å². The van der Waals surface area contributed by atoms with Crippen LogP contribution in [0, 0.1) is 0 Å². The molecule has 0 aliphatic carbocycles. The zero-order valence-corrected chi connectivity index (χ0v) is 18.1. The summed E-state index contributed by atoms with van der Waals surface area (Å²) >= 11 is 0. The first-order chi connectivity index (χ1) is 15.1. The van der Waals surface area contributed by atoms with E-state index in [1.54, 1.807) is 0 Å². The topological polar surface area (TPSA) is 82.2 Å². The number of hydrogen-bond acceptors (Lipinski definition) is 8. The zero-order valence-electron chi connectivity index (χ0n) is 18.1. The molecule has 164 valence electrons. The maximum Gasteiger partial charge on any atom is 0.189 e. The number of rotatable bonds is 4. The molecule has 2 aromatic rings. The Morgan fingerprint density at radius 2 is 1.74 bits per heavy atom. The zero-order chi connectivity index (χ0) is 21.3. The summed E-state index contributed by atoms with van der Waals surface area (Å²) in [5.74, 6) is 0.0936. The van der Waals surface area contributed by atoms with Crippen molar-refractivity contribution in [1.29, 1.82) is 0 Å². The average Bonchev–Trinajstić information content (AvgIpc) is 3.24. The maximum absolute atomic E-state index is 6.66. The van der Waals surface area contributed by atoms with Gasteiger partial charge in [-0.15, -0.1) is 0 Å². The summed E-state index contributed by atoms with van der Waals surface area (Å²) in [4.78, 5) is 16.3. The molecular formula is C23H31N7O. The fourth-order valence-electron chi connectivity index (χ4n) is 4.41. The SMILES string of the molecule is CN1CCN(c2cc(C3C=NC(N)(c4ccc(N5CCOCC5)cc4)N3)ccn2)CC1. The molecule has 1 aromatic heterocycles. The summed E-state index contributed by atoms with van der Waals surface area (Å²) in [5, 5.41) is 3.50. The van der Waals surface area contributed by atoms with Crippen molar-refractivity contribution in [2.45, 2.75) is 11.8 Å². The van der Waals surface area contributed by atoms with Gasteiger partial charge < -0.3 is 19.4 Å². The largest absolute Gasteiger partial charge is 0.378 e. The molecule has 4 heterocycles. The van der Waals surface area contributed by atoms with Crippen molar-refractivity contribution in [2.24, 2.45) is 10.7 Å². The Hall–Kier alpha value is -2.52. The normalized spacial score (nSPS) is 27.1. The highest BCUT2D eigenvalue weighted by molar-refractivity contribution is 5.71. The van der Waals surface area contributed by atoms with Gasteiger partial charge in [0.15, 0.2) is 5.79 Å². The molecule has 31 heavy (non-hydrogen) atoms. The molecule has 8 heteroatoms. The second kappa shape index (κ2) is 8.55. The highest BCUT2D eigenvalue weighted by atomic mass is 16.5. The molecule has 2 fully saturated rings. The number of aromatic nitrogens is 1. The molecule has 5 rings (SSSR count). The number of piperazine rings is 1. The fourth-order valence-corrected chi connectivity index (χ4v) is 4.41. The van der Waals surface area contributed by atoms with E-state index in [1.807, 2.05) is 18.5 Å². The number of nitrogens with two attached hydrogens (primary N) is 1. The van der Waals surface area contributed by atoms with Crippen LogP contribution < -0.4 is 20.9 Å². The van der Waals surface area contributed by atoms with Crippen molar-refractivity contribution in [1.82, 2.24) is 15.2 Å². The molecular weight excluding hydrogens is 390 g/mol. The number of pyridine rings is 1. The molecule has 3 aliphatic rings. The van der Waals surface area contributed by atoms with E-state index in [9.17, 15) is 0 Å². The molecule has 0 spiro atoms. The Morgan fingerprint density at radius 1 is 1.00 bits per heavy atom. The summed E-state index contributed by atoms with van der Waals surface area (Å²) in [5.41, 5.74) is 9.94. The lowest BCUT2D eigenvalue weighted by atomic mass is 10.1. The van der Waals surface area contributed by atoms with Crippen LogP contribution in [0.1, 0.15) is 17.2 Å². The van der Waals surface area contributed by atoms with Crippen LogP contribution in [0.25, 0.3) is 0 Å². The second-order valence-electron chi connectivity index (χ2n) is 8.55. The molecule has 3 aliphatic heterocycles. The van der Waals surface area contributed by atoms with Gasteiger partial charge in [0.25, 0.3) is 0 Å². The van der Waals surface area contributed by atoms with Gasteiger partial charge in [-0.25, -0.2) is 4.98 Å². The van der Waals surface area contributed by atoms with Gasteiger partial charge in [-0.1, -0.05) is 12.1 Å². The first-order valence-electron chi connectivity index (χ1n) is 11.1. The molecule has 2 unspecified atom stereocenters. The number of benzene rings is 1. The van der Waals surface area contributed by atoms with Crippen LogP contribution in [0.15, 0.2) is 47.6 Å². The van der Waals surface area contributed by atoms with E-state index < -0.39 is 5.79 Å². The highest BCUT2D eigenvalue weighted by Crippen LogP contribution is 2.30. The van der Waals surface area contributed by atoms with Gasteiger partial charge in [-0.2, -0.15) is 0 Å². The minimum atomic E-state index is -0.925. The van der Waals surface area contributed by atoms with Crippen molar-refractivity contribution >= 4 is 17.7 Å². The van der Waals surface area contributed by atoms with Gasteiger partial charge in [0.2, 0.25) is 0 Å². The number of hydrogen-bond donors (Lipinski definition) is 2. The molecule has 0 bridgehead atoms. The van der Waals surface area contributed by atoms with Crippen LogP contribution in [0.5, 0.6) is 0 Å². The number of morpholine rings is 1. The first-order valence-corrected chi connectivity index (χ1v) is 11.1. The third-order valence-corrected chi connectivity index (χ3v) is 6.44. The monoisotopic (exact) mass is 421 g/mol. The number of aliphatic imine (C=N–C) groups is 1. The molecule has 2 atom stereocenters. The lowest BCUT2D eigenvalue weighted by Gasteiger charge is -2.33. The predicted molar refractivity (Wildman–Crippen MR) is 124 cm³/mol. The van der Waals surface area contributed by atoms with Crippen molar-refractivity contribution in [3.63, 3.8) is 0 Å². The predicted octanol–water partition coefficient (Wildman–Crippen LogP) is 1.15. The number of nitrogens with one attached hydrogen (secondary N) is 1. The van der Waals surface area contributed by atoms with Crippen LogP contribution in [0.4, 0.5) is 11.5 Å². The fraction of sp³-hybridized carbons (Fsp3) is 0.478. The van der Waals surface area contributed by atoms with Gasteiger partial charge in [-0.3, -0.25) is 16.0 Å². The molecule has 2 saturated heterocycles. The van der Waals surface area contributed by atoms with Gasteiger partial charge in [0, 0.05) is 62.9 Å². The molecule has 8 nitrogen and oxygen atoms in total. The molecule has 3 N–H and O–H groups in total. The van der Waals surface area contributed by atoms with Gasteiger partial charge >= 0.3 is 0 Å². The van der Waals surface area contributed by atoms with Gasteiger partial charge in [0.05, 0.1) is 19.3 Å². The summed E-state index contributed by atoms with van der Waals surface area (Å²) in [6.07, 6.45) is 3.80. The molecule has 0 radical (unpaired) electrons. The van der Waals surface area contributed by atoms with Crippen molar-refractivity contribution in [3.05, 3.63) is 53.7 Å². The number of anilines is 2. The lowest BCUT2D eigenvalue weighted by Crippen LogP contribution is -2.46. The smallest absolute Gasteiger partial charge is 0.189 e. The average molecular weight is 422 g/mol. The van der Waals surface area contributed by atoms with Gasteiger partial charge in [0.1, 0.15) is 5.82 Å². The highest BCUT2D eigenvalue weighted by Gasteiger charge is 2.34. The Balaban J connectivity index is 1.28. The van der Waals surface area contributed by atoms with E-state index >= 15 is 0 Å². The molecule has 0 amide bonds. The maximum atomic E-state index is 6.66. The number of nitrogens with zero attached hydrogens (tertiary/aromatic N) is 5. The number of likely N-dealkylation sites (N-methyl/N-ethyl adjacent to an activating group) is 1. The van der Waals surface area contributed by atoms with Crippen molar-refractivity contribution in [3.8, 4) is 0 Å². The summed E-state index contributed by atoms with van der Waals surface area (Å²) in [7, 11) is 2.16. The summed E-state index contributed by atoms with van der Waals surface area (Å²) < 4.78 is 5.45. The standard InChI is InChI=1S/C23H31N7O/c1-28-8-10-30(11-9-28)22-16-18(6-7-25-22)21-17-26-23(24,27-21)19-2-4-20(5-3-19)29-12-14-31-15-13-29/h2-7,16-17,21,27H,8-15,24H2,1H3. The first kappa shape index (κ1) is 20.4. The number of ether oxygens (including phenoxy) is 1. The Labute approximate surface area is 183 Å². The Morgan fingerprint density at radius 3 is 2.48 bits per heavy atom. The third kappa shape index (κ3) is 4.29. The van der Waals surface area contributed by atoms with E-state index in [0.717, 1.165) is 69.4 Å². The summed E-state index contributed by atoms with van der Waals surface area (Å²) in [6, 6.07) is 12.5. The van der Waals surface area contributed by atoms with E-state index in [-0.39, 0.29) is 6.04 Å². The minimum Gasteiger partial charge on any atom is -0.378 e.